The Bertz CT molecular complexity index is 547. The summed E-state index contributed by atoms with van der Waals surface area (Å²) in [5.74, 6) is 1.40. The Kier molecular flexibility index (Phi) is 3.16. The molecule has 0 radical (unpaired) electrons. The minimum absolute atomic E-state index is 0.206. The summed E-state index contributed by atoms with van der Waals surface area (Å²) in [5.41, 5.74) is 0.732. The second-order valence-corrected chi connectivity index (χ2v) is 4.29. The fourth-order valence-corrected chi connectivity index (χ4v) is 2.25. The maximum absolute atomic E-state index is 5.83. The first-order chi connectivity index (χ1) is 7.65. The second kappa shape index (κ2) is 4.43. The summed E-state index contributed by atoms with van der Waals surface area (Å²) >= 11 is 9.29. The highest BCUT2D eigenvalue weighted by molar-refractivity contribution is 9.10. The van der Waals surface area contributed by atoms with Crippen LogP contribution in [0.4, 0.5) is 5.82 Å². The van der Waals surface area contributed by atoms with E-state index in [1.54, 1.807) is 14.2 Å². The summed E-state index contributed by atoms with van der Waals surface area (Å²) in [7, 11) is 3.39. The molecule has 0 aliphatic carbocycles. The lowest BCUT2D eigenvalue weighted by molar-refractivity contribution is 0.415. The molecular formula is C10H9BrClN3O. The third kappa shape index (κ3) is 1.92. The fraction of sp³-hybridized carbons (Fsp3) is 0.200. The quantitative estimate of drug-likeness (QED) is 0.866. The van der Waals surface area contributed by atoms with E-state index in [1.807, 2.05) is 12.1 Å². The van der Waals surface area contributed by atoms with Crippen LogP contribution in [-0.4, -0.2) is 24.1 Å². The van der Waals surface area contributed by atoms with Gasteiger partial charge in [-0.25, -0.2) is 9.97 Å². The fourth-order valence-electron chi connectivity index (χ4n) is 1.46. The zero-order valence-electron chi connectivity index (χ0n) is 8.71. The number of rotatable bonds is 2. The molecule has 0 aliphatic heterocycles. The highest BCUT2D eigenvalue weighted by atomic mass is 79.9. The van der Waals surface area contributed by atoms with Crippen LogP contribution in [0.1, 0.15) is 0 Å². The lowest BCUT2D eigenvalue weighted by Gasteiger charge is -2.08. The molecule has 2 rings (SSSR count). The second-order valence-electron chi connectivity index (χ2n) is 3.09. The first kappa shape index (κ1) is 11.4. The van der Waals surface area contributed by atoms with Crippen molar-refractivity contribution in [2.24, 2.45) is 0 Å². The van der Waals surface area contributed by atoms with Crippen LogP contribution in [0.15, 0.2) is 16.6 Å². The van der Waals surface area contributed by atoms with E-state index in [2.05, 4.69) is 31.2 Å². The summed E-state index contributed by atoms with van der Waals surface area (Å²) in [6.45, 7) is 0. The molecule has 0 unspecified atom stereocenters. The predicted octanol–water partition coefficient (Wildman–Crippen LogP) is 3.10. The van der Waals surface area contributed by atoms with Gasteiger partial charge in [-0.05, 0) is 33.6 Å². The van der Waals surface area contributed by atoms with E-state index in [1.165, 1.54) is 0 Å². The minimum atomic E-state index is 0.206. The minimum Gasteiger partial charge on any atom is -0.497 e. The van der Waals surface area contributed by atoms with Gasteiger partial charge in [0.05, 0.1) is 18.0 Å². The van der Waals surface area contributed by atoms with Gasteiger partial charge in [0.25, 0.3) is 0 Å². The Balaban J connectivity index is 2.82. The molecule has 1 heterocycles. The van der Waals surface area contributed by atoms with Crippen LogP contribution in [0.25, 0.3) is 10.9 Å². The molecule has 0 aliphatic rings. The van der Waals surface area contributed by atoms with Gasteiger partial charge in [0.2, 0.25) is 5.28 Å². The molecule has 16 heavy (non-hydrogen) atoms. The largest absolute Gasteiger partial charge is 0.497 e. The van der Waals surface area contributed by atoms with Gasteiger partial charge < -0.3 is 10.1 Å². The molecule has 2 aromatic rings. The predicted molar refractivity (Wildman–Crippen MR) is 68.3 cm³/mol. The molecular weight excluding hydrogens is 293 g/mol. The van der Waals surface area contributed by atoms with Crippen molar-refractivity contribution >= 4 is 44.3 Å². The number of halogens is 2. The van der Waals surface area contributed by atoms with Gasteiger partial charge >= 0.3 is 0 Å². The summed E-state index contributed by atoms with van der Waals surface area (Å²) in [6.07, 6.45) is 0. The highest BCUT2D eigenvalue weighted by Gasteiger charge is 2.10. The Morgan fingerprint density at radius 2 is 2.12 bits per heavy atom. The Labute approximate surface area is 106 Å². The molecule has 1 N–H and O–H groups in total. The highest BCUT2D eigenvalue weighted by Crippen LogP contribution is 2.33. The van der Waals surface area contributed by atoms with Crippen LogP contribution in [0.2, 0.25) is 5.28 Å². The number of nitrogens with one attached hydrogen (secondary N) is 1. The summed E-state index contributed by atoms with van der Waals surface area (Å²) in [6, 6.07) is 3.68. The molecule has 84 valence electrons. The van der Waals surface area contributed by atoms with E-state index in [-0.39, 0.29) is 5.28 Å². The van der Waals surface area contributed by atoms with E-state index >= 15 is 0 Å². The number of fused-ring (bicyclic) bond motifs is 1. The zero-order chi connectivity index (χ0) is 11.7. The molecule has 0 amide bonds. The monoisotopic (exact) mass is 301 g/mol. The SMILES string of the molecule is CNc1nc(Cl)nc2cc(OC)cc(Br)c12. The van der Waals surface area contributed by atoms with E-state index in [0.29, 0.717) is 5.82 Å². The normalized spacial score (nSPS) is 10.5. The molecule has 0 bridgehead atoms. The Morgan fingerprint density at radius 3 is 2.75 bits per heavy atom. The molecule has 0 spiro atoms. The van der Waals surface area contributed by atoms with Gasteiger partial charge in [-0.1, -0.05) is 0 Å². The molecule has 0 saturated carbocycles. The molecule has 1 aromatic heterocycles. The smallest absolute Gasteiger partial charge is 0.224 e. The van der Waals surface area contributed by atoms with Crippen molar-refractivity contribution in [2.75, 3.05) is 19.5 Å². The van der Waals surface area contributed by atoms with Crippen LogP contribution in [0, 0.1) is 0 Å². The van der Waals surface area contributed by atoms with Crippen LogP contribution in [0.3, 0.4) is 0 Å². The standard InChI is InChI=1S/C10H9BrClN3O/c1-13-9-8-6(11)3-5(16-2)4-7(8)14-10(12)15-9/h3-4H,1-2H3,(H,13,14,15). The summed E-state index contributed by atoms with van der Waals surface area (Å²) in [5, 5.41) is 4.07. The average Bonchev–Trinajstić information content (AvgIpc) is 2.26. The first-order valence-corrected chi connectivity index (χ1v) is 5.71. The van der Waals surface area contributed by atoms with Crippen molar-refractivity contribution in [2.45, 2.75) is 0 Å². The van der Waals surface area contributed by atoms with Crippen LogP contribution in [0.5, 0.6) is 5.75 Å². The van der Waals surface area contributed by atoms with Crippen molar-refractivity contribution in [1.82, 2.24) is 9.97 Å². The van der Waals surface area contributed by atoms with Crippen molar-refractivity contribution in [1.29, 1.82) is 0 Å². The van der Waals surface area contributed by atoms with Crippen LogP contribution >= 0.6 is 27.5 Å². The van der Waals surface area contributed by atoms with Crippen LogP contribution < -0.4 is 10.1 Å². The molecule has 0 atom stereocenters. The summed E-state index contributed by atoms with van der Waals surface area (Å²) < 4.78 is 6.03. The van der Waals surface area contributed by atoms with Gasteiger partial charge in [-0.2, -0.15) is 0 Å². The topological polar surface area (TPSA) is 47.0 Å². The average molecular weight is 303 g/mol. The van der Waals surface area contributed by atoms with E-state index in [0.717, 1.165) is 21.1 Å². The number of nitrogens with zero attached hydrogens (tertiary/aromatic N) is 2. The third-order valence-corrected chi connectivity index (χ3v) is 2.96. The number of hydrogen-bond acceptors (Lipinski definition) is 4. The zero-order valence-corrected chi connectivity index (χ0v) is 11.1. The van der Waals surface area contributed by atoms with Gasteiger partial charge in [0.15, 0.2) is 0 Å². The van der Waals surface area contributed by atoms with Gasteiger partial charge in [0.1, 0.15) is 11.6 Å². The molecule has 1 aromatic carbocycles. The van der Waals surface area contributed by atoms with Crippen molar-refractivity contribution in [3.8, 4) is 5.75 Å². The maximum Gasteiger partial charge on any atom is 0.224 e. The lowest BCUT2D eigenvalue weighted by atomic mass is 10.2. The number of benzene rings is 1. The number of anilines is 1. The van der Waals surface area contributed by atoms with Gasteiger partial charge in [0, 0.05) is 17.6 Å². The van der Waals surface area contributed by atoms with E-state index in [9.17, 15) is 0 Å². The Morgan fingerprint density at radius 1 is 1.38 bits per heavy atom. The molecule has 6 heteroatoms. The van der Waals surface area contributed by atoms with E-state index < -0.39 is 0 Å². The maximum atomic E-state index is 5.83. The summed E-state index contributed by atoms with van der Waals surface area (Å²) in [4.78, 5) is 8.27. The number of hydrogen-bond donors (Lipinski definition) is 1. The lowest BCUT2D eigenvalue weighted by Crippen LogP contribution is -1.97. The number of methoxy groups -OCH3 is 1. The number of ether oxygens (including phenoxy) is 1. The number of aromatic nitrogens is 2. The first-order valence-electron chi connectivity index (χ1n) is 4.54. The van der Waals surface area contributed by atoms with Gasteiger partial charge in [-0.15, -0.1) is 0 Å². The third-order valence-electron chi connectivity index (χ3n) is 2.17. The van der Waals surface area contributed by atoms with Crippen LogP contribution in [-0.2, 0) is 0 Å². The molecule has 0 saturated heterocycles. The van der Waals surface area contributed by atoms with Crippen molar-refractivity contribution in [3.63, 3.8) is 0 Å². The van der Waals surface area contributed by atoms with Crippen molar-refractivity contribution in [3.05, 3.63) is 21.9 Å². The van der Waals surface area contributed by atoms with E-state index in [4.69, 9.17) is 16.3 Å². The Hall–Kier alpha value is -1.07. The van der Waals surface area contributed by atoms with Crippen molar-refractivity contribution < 1.29 is 4.74 Å². The molecule has 0 fully saturated rings. The van der Waals surface area contributed by atoms with Gasteiger partial charge in [-0.3, -0.25) is 0 Å². The molecule has 4 nitrogen and oxygen atoms in total.